The minimum absolute atomic E-state index is 0.108. The van der Waals surface area contributed by atoms with Gasteiger partial charge in [-0.2, -0.15) is 0 Å². The van der Waals surface area contributed by atoms with Crippen molar-refractivity contribution in [2.75, 3.05) is 13.1 Å². The summed E-state index contributed by atoms with van der Waals surface area (Å²) in [4.78, 5) is 40.8. The fraction of sp³-hybridized carbons (Fsp3) is 0.571. The first-order valence-corrected chi connectivity index (χ1v) is 10.2. The highest BCUT2D eigenvalue weighted by Gasteiger charge is 2.49. The van der Waals surface area contributed by atoms with Gasteiger partial charge >= 0.3 is 0 Å². The van der Waals surface area contributed by atoms with Gasteiger partial charge < -0.3 is 10.6 Å². The fourth-order valence-electron chi connectivity index (χ4n) is 5.71. The molecule has 3 unspecified atom stereocenters. The standard InChI is InChI=1S/C21H26N4O3/c22-12-21-7-6-13(8-21)9-24(21)10-14-2-1-3-15-16(14)11-25(20(15)28)17-4-5-18(26)23-19(17)27/h1-3,13,17H,4-12,22H2,(H,23,26,27). The molecule has 3 heterocycles. The number of rotatable bonds is 4. The Morgan fingerprint density at radius 3 is 2.82 bits per heavy atom. The minimum atomic E-state index is -0.566. The molecule has 7 heteroatoms. The number of amides is 3. The average Bonchev–Trinajstić information content (AvgIpc) is 3.35. The quantitative estimate of drug-likeness (QED) is 0.750. The summed E-state index contributed by atoms with van der Waals surface area (Å²) < 4.78 is 0. The Morgan fingerprint density at radius 1 is 1.21 bits per heavy atom. The smallest absolute Gasteiger partial charge is 0.255 e. The number of imide groups is 1. The van der Waals surface area contributed by atoms with E-state index in [-0.39, 0.29) is 29.7 Å². The molecule has 1 saturated carbocycles. The predicted octanol–water partition coefficient (Wildman–Crippen LogP) is 0.761. The van der Waals surface area contributed by atoms with E-state index in [2.05, 4.69) is 16.3 Å². The first-order chi connectivity index (χ1) is 13.5. The summed E-state index contributed by atoms with van der Waals surface area (Å²) in [5.41, 5.74) is 9.13. The molecule has 4 aliphatic rings. The second-order valence-electron chi connectivity index (χ2n) is 8.76. The van der Waals surface area contributed by atoms with E-state index < -0.39 is 6.04 Å². The van der Waals surface area contributed by atoms with Gasteiger partial charge in [0.25, 0.3) is 5.91 Å². The van der Waals surface area contributed by atoms with Gasteiger partial charge in [-0.25, -0.2) is 0 Å². The molecule has 5 rings (SSSR count). The van der Waals surface area contributed by atoms with Crippen LogP contribution < -0.4 is 11.1 Å². The van der Waals surface area contributed by atoms with Crippen LogP contribution in [0.4, 0.5) is 0 Å². The maximum absolute atomic E-state index is 13.0. The lowest BCUT2D eigenvalue weighted by Gasteiger charge is -2.38. The molecule has 148 valence electrons. The first kappa shape index (κ1) is 17.8. The number of nitrogens with one attached hydrogen (secondary N) is 1. The molecule has 3 fully saturated rings. The normalized spacial score (nSPS) is 32.2. The monoisotopic (exact) mass is 382 g/mol. The molecule has 0 radical (unpaired) electrons. The van der Waals surface area contributed by atoms with Crippen LogP contribution in [0.1, 0.15) is 53.6 Å². The number of carbonyl (C=O) groups excluding carboxylic acids is 3. The van der Waals surface area contributed by atoms with Crippen LogP contribution in [-0.2, 0) is 22.7 Å². The third-order valence-corrected chi connectivity index (χ3v) is 7.26. The van der Waals surface area contributed by atoms with Gasteiger partial charge in [0.1, 0.15) is 6.04 Å². The van der Waals surface area contributed by atoms with Gasteiger partial charge in [0.15, 0.2) is 0 Å². The van der Waals surface area contributed by atoms with Crippen molar-refractivity contribution in [1.82, 2.24) is 15.1 Å². The summed E-state index contributed by atoms with van der Waals surface area (Å²) in [5.74, 6) is 0.00454. The molecule has 1 aliphatic carbocycles. The van der Waals surface area contributed by atoms with E-state index in [4.69, 9.17) is 5.73 Å². The Bertz CT molecular complexity index is 869. The second kappa shape index (κ2) is 6.39. The molecule has 3 atom stereocenters. The van der Waals surface area contributed by atoms with Gasteiger partial charge in [0.05, 0.1) is 0 Å². The molecule has 7 nitrogen and oxygen atoms in total. The van der Waals surface area contributed by atoms with Crippen LogP contribution in [0.3, 0.4) is 0 Å². The van der Waals surface area contributed by atoms with Crippen molar-refractivity contribution < 1.29 is 14.4 Å². The number of likely N-dealkylation sites (tertiary alicyclic amines) is 1. The minimum Gasteiger partial charge on any atom is -0.329 e. The van der Waals surface area contributed by atoms with E-state index in [0.29, 0.717) is 25.1 Å². The molecule has 3 aliphatic heterocycles. The summed E-state index contributed by atoms with van der Waals surface area (Å²) in [7, 11) is 0. The van der Waals surface area contributed by atoms with Crippen LogP contribution in [0, 0.1) is 5.92 Å². The first-order valence-electron chi connectivity index (χ1n) is 10.2. The SMILES string of the molecule is NCC12CCC(CN1Cc1cccc3c1CN(C1CCC(=O)NC1=O)C3=O)C2. The molecule has 3 amide bonds. The van der Waals surface area contributed by atoms with Crippen molar-refractivity contribution in [2.24, 2.45) is 11.7 Å². The van der Waals surface area contributed by atoms with Crippen molar-refractivity contribution >= 4 is 17.7 Å². The summed E-state index contributed by atoms with van der Waals surface area (Å²) >= 11 is 0. The van der Waals surface area contributed by atoms with E-state index >= 15 is 0 Å². The van der Waals surface area contributed by atoms with Gasteiger partial charge in [-0.1, -0.05) is 12.1 Å². The van der Waals surface area contributed by atoms with Crippen molar-refractivity contribution in [3.05, 3.63) is 34.9 Å². The predicted molar refractivity (Wildman–Crippen MR) is 102 cm³/mol. The maximum atomic E-state index is 13.0. The van der Waals surface area contributed by atoms with E-state index in [1.54, 1.807) is 4.90 Å². The summed E-state index contributed by atoms with van der Waals surface area (Å²) in [5, 5.41) is 2.36. The van der Waals surface area contributed by atoms with Crippen LogP contribution in [0.25, 0.3) is 0 Å². The van der Waals surface area contributed by atoms with E-state index in [0.717, 1.165) is 36.6 Å². The molecule has 3 N–H and O–H groups in total. The van der Waals surface area contributed by atoms with Gasteiger partial charge in [-0.3, -0.25) is 24.6 Å². The van der Waals surface area contributed by atoms with Gasteiger partial charge in [0.2, 0.25) is 11.8 Å². The number of carbonyl (C=O) groups is 3. The van der Waals surface area contributed by atoms with Crippen molar-refractivity contribution in [2.45, 2.75) is 56.8 Å². The molecule has 28 heavy (non-hydrogen) atoms. The highest BCUT2D eigenvalue weighted by atomic mass is 16.2. The number of nitrogens with zero attached hydrogens (tertiary/aromatic N) is 2. The molecule has 1 aromatic carbocycles. The van der Waals surface area contributed by atoms with Crippen molar-refractivity contribution in [3.8, 4) is 0 Å². The number of benzene rings is 1. The topological polar surface area (TPSA) is 95.7 Å². The fourth-order valence-corrected chi connectivity index (χ4v) is 5.71. The molecule has 2 saturated heterocycles. The van der Waals surface area contributed by atoms with Gasteiger partial charge in [-0.15, -0.1) is 0 Å². The highest BCUT2D eigenvalue weighted by Crippen LogP contribution is 2.46. The number of hydrogen-bond acceptors (Lipinski definition) is 5. The van der Waals surface area contributed by atoms with Crippen LogP contribution in [-0.4, -0.2) is 52.2 Å². The summed E-state index contributed by atoms with van der Waals surface area (Å²) in [6.07, 6.45) is 4.27. The van der Waals surface area contributed by atoms with Crippen LogP contribution in [0.5, 0.6) is 0 Å². The molecule has 1 aromatic rings. The Kier molecular flexibility index (Phi) is 4.07. The van der Waals surface area contributed by atoms with Crippen molar-refractivity contribution in [3.63, 3.8) is 0 Å². The Morgan fingerprint density at radius 2 is 2.07 bits per heavy atom. The highest BCUT2D eigenvalue weighted by molar-refractivity contribution is 6.05. The second-order valence-corrected chi connectivity index (χ2v) is 8.76. The summed E-state index contributed by atoms with van der Waals surface area (Å²) in [6, 6.07) is 5.31. The zero-order valence-electron chi connectivity index (χ0n) is 15.9. The van der Waals surface area contributed by atoms with E-state index in [1.807, 2.05) is 12.1 Å². The van der Waals surface area contributed by atoms with Crippen molar-refractivity contribution in [1.29, 1.82) is 0 Å². The van der Waals surface area contributed by atoms with Crippen LogP contribution >= 0.6 is 0 Å². The Balaban J connectivity index is 1.40. The average molecular weight is 382 g/mol. The lowest BCUT2D eigenvalue weighted by Crippen LogP contribution is -2.52. The van der Waals surface area contributed by atoms with Gasteiger partial charge in [-0.05, 0) is 48.8 Å². The van der Waals surface area contributed by atoms with E-state index in [1.165, 1.54) is 12.8 Å². The molecule has 0 aromatic heterocycles. The molecule has 2 bridgehead atoms. The van der Waals surface area contributed by atoms with Crippen LogP contribution in [0.15, 0.2) is 18.2 Å². The molecule has 0 spiro atoms. The van der Waals surface area contributed by atoms with Crippen LogP contribution in [0.2, 0.25) is 0 Å². The summed E-state index contributed by atoms with van der Waals surface area (Å²) in [6.45, 7) is 2.99. The largest absolute Gasteiger partial charge is 0.329 e. The van der Waals surface area contributed by atoms with E-state index in [9.17, 15) is 14.4 Å². The lowest BCUT2D eigenvalue weighted by atomic mass is 9.95. The number of hydrogen-bond donors (Lipinski definition) is 2. The molecular formula is C21H26N4O3. The lowest BCUT2D eigenvalue weighted by molar-refractivity contribution is -0.136. The number of nitrogens with two attached hydrogens (primary N) is 1. The number of piperidine rings is 2. The zero-order chi connectivity index (χ0) is 19.5. The van der Waals surface area contributed by atoms with Gasteiger partial charge in [0, 0.05) is 43.7 Å². The maximum Gasteiger partial charge on any atom is 0.255 e. The third kappa shape index (κ3) is 2.60. The number of fused-ring (bicyclic) bond motifs is 3. The Hall–Kier alpha value is -2.25. The third-order valence-electron chi connectivity index (χ3n) is 7.26. The Labute approximate surface area is 164 Å². The molecular weight excluding hydrogens is 356 g/mol. The zero-order valence-corrected chi connectivity index (χ0v) is 15.9.